The van der Waals surface area contributed by atoms with Gasteiger partial charge in [0, 0.05) is 13.1 Å². The summed E-state index contributed by atoms with van der Waals surface area (Å²) in [6.45, 7) is 7.81. The largest absolute Gasteiger partial charge is 0.492 e. The third-order valence-corrected chi connectivity index (χ3v) is 6.56. The maximum atomic E-state index is 12.7. The fourth-order valence-corrected chi connectivity index (χ4v) is 4.37. The molecule has 0 aliphatic heterocycles. The molecular formula is C22H28N2O6S. The van der Waals surface area contributed by atoms with Crippen molar-refractivity contribution in [2.24, 2.45) is 0 Å². The van der Waals surface area contributed by atoms with Gasteiger partial charge in [0.15, 0.2) is 6.10 Å². The van der Waals surface area contributed by atoms with Gasteiger partial charge in [-0.25, -0.2) is 13.2 Å². The normalized spacial score (nSPS) is 12.3. The molecule has 0 heterocycles. The number of rotatable bonds is 10. The van der Waals surface area contributed by atoms with Gasteiger partial charge in [-0.15, -0.1) is 0 Å². The molecule has 8 nitrogen and oxygen atoms in total. The molecular weight excluding hydrogens is 420 g/mol. The Morgan fingerprint density at radius 1 is 1.03 bits per heavy atom. The van der Waals surface area contributed by atoms with Gasteiger partial charge in [0.1, 0.15) is 5.75 Å². The van der Waals surface area contributed by atoms with Crippen LogP contribution in [0.25, 0.3) is 0 Å². The molecule has 0 spiro atoms. The summed E-state index contributed by atoms with van der Waals surface area (Å²) in [4.78, 5) is 25.0. The molecule has 1 N–H and O–H groups in total. The van der Waals surface area contributed by atoms with E-state index in [1.807, 2.05) is 6.92 Å². The molecule has 0 aliphatic carbocycles. The van der Waals surface area contributed by atoms with E-state index in [1.165, 1.54) is 35.5 Å². The van der Waals surface area contributed by atoms with Gasteiger partial charge in [-0.2, -0.15) is 4.31 Å². The molecule has 168 valence electrons. The Morgan fingerprint density at radius 2 is 1.71 bits per heavy atom. The summed E-state index contributed by atoms with van der Waals surface area (Å²) in [7, 11) is -3.72. The Balaban J connectivity index is 2.12. The Morgan fingerprint density at radius 3 is 2.35 bits per heavy atom. The second kappa shape index (κ2) is 10.9. The van der Waals surface area contributed by atoms with Crippen LogP contribution >= 0.6 is 0 Å². The minimum atomic E-state index is -3.72. The fraction of sp³-hybridized carbons (Fsp3) is 0.364. The number of carbonyl (C=O) groups is 2. The predicted molar refractivity (Wildman–Crippen MR) is 118 cm³/mol. The van der Waals surface area contributed by atoms with Crippen molar-refractivity contribution in [3.63, 3.8) is 0 Å². The van der Waals surface area contributed by atoms with Crippen molar-refractivity contribution >= 4 is 27.6 Å². The molecule has 1 amide bonds. The molecule has 0 bridgehead atoms. The Labute approximate surface area is 183 Å². The van der Waals surface area contributed by atoms with E-state index in [4.69, 9.17) is 9.47 Å². The summed E-state index contributed by atoms with van der Waals surface area (Å²) in [6, 6.07) is 12.5. The van der Waals surface area contributed by atoms with Crippen molar-refractivity contribution < 1.29 is 27.5 Å². The first-order valence-electron chi connectivity index (χ1n) is 10.1. The summed E-state index contributed by atoms with van der Waals surface area (Å²) in [6.07, 6.45) is -1.11. The maximum absolute atomic E-state index is 12.7. The summed E-state index contributed by atoms with van der Waals surface area (Å²) in [5.74, 6) is -0.823. The number of hydrogen-bond acceptors (Lipinski definition) is 6. The molecule has 2 aromatic rings. The molecule has 0 saturated carbocycles. The van der Waals surface area contributed by atoms with Crippen molar-refractivity contribution in [1.82, 2.24) is 4.31 Å². The molecule has 1 unspecified atom stereocenters. The first-order chi connectivity index (χ1) is 14.7. The number of amides is 1. The quantitative estimate of drug-likeness (QED) is 0.560. The van der Waals surface area contributed by atoms with E-state index in [0.29, 0.717) is 31.1 Å². The van der Waals surface area contributed by atoms with Crippen LogP contribution in [0.2, 0.25) is 0 Å². The summed E-state index contributed by atoms with van der Waals surface area (Å²) >= 11 is 0. The number of nitrogens with zero attached hydrogens (tertiary/aromatic N) is 1. The SMILES string of the molecule is CCOc1ccccc1NC(=O)C(C)OC(=O)c1cccc(S(=O)(=O)N(CC)CC)c1. The number of hydrogen-bond donors (Lipinski definition) is 1. The molecule has 1 atom stereocenters. The van der Waals surface area contributed by atoms with Crippen LogP contribution in [-0.2, 0) is 19.6 Å². The van der Waals surface area contributed by atoms with E-state index < -0.39 is 28.0 Å². The molecule has 31 heavy (non-hydrogen) atoms. The van der Waals surface area contributed by atoms with Gasteiger partial charge in [-0.3, -0.25) is 4.79 Å². The van der Waals surface area contributed by atoms with E-state index in [2.05, 4.69) is 5.32 Å². The first-order valence-corrected chi connectivity index (χ1v) is 11.5. The number of benzene rings is 2. The lowest BCUT2D eigenvalue weighted by Crippen LogP contribution is -2.31. The van der Waals surface area contributed by atoms with Crippen molar-refractivity contribution in [2.45, 2.75) is 38.7 Å². The third-order valence-electron chi connectivity index (χ3n) is 4.51. The highest BCUT2D eigenvalue weighted by Crippen LogP contribution is 2.24. The molecule has 2 rings (SSSR count). The van der Waals surface area contributed by atoms with Crippen molar-refractivity contribution in [1.29, 1.82) is 0 Å². The van der Waals surface area contributed by atoms with E-state index in [1.54, 1.807) is 38.1 Å². The molecule has 0 fully saturated rings. The minimum absolute atomic E-state index is 0.00611. The highest BCUT2D eigenvalue weighted by Gasteiger charge is 2.24. The number of ether oxygens (including phenoxy) is 2. The lowest BCUT2D eigenvalue weighted by Gasteiger charge is -2.19. The molecule has 0 aliphatic rings. The Hall–Kier alpha value is -2.91. The maximum Gasteiger partial charge on any atom is 0.338 e. The van der Waals surface area contributed by atoms with Gasteiger partial charge in [0.05, 0.1) is 22.8 Å². The standard InChI is InChI=1S/C22H28N2O6S/c1-5-24(6-2)31(27,28)18-12-10-11-17(15-18)22(26)30-16(4)21(25)23-19-13-8-9-14-20(19)29-7-3/h8-16H,5-7H2,1-4H3,(H,23,25). The lowest BCUT2D eigenvalue weighted by molar-refractivity contribution is -0.123. The summed E-state index contributed by atoms with van der Waals surface area (Å²) in [5, 5.41) is 2.67. The third kappa shape index (κ3) is 6.05. The van der Waals surface area contributed by atoms with Crippen LogP contribution in [0.3, 0.4) is 0 Å². The Kier molecular flexibility index (Phi) is 8.58. The average molecular weight is 449 g/mol. The fourth-order valence-electron chi connectivity index (χ4n) is 2.86. The highest BCUT2D eigenvalue weighted by molar-refractivity contribution is 7.89. The highest BCUT2D eigenvalue weighted by atomic mass is 32.2. The van der Waals surface area contributed by atoms with Gasteiger partial charge in [0.25, 0.3) is 5.91 Å². The Bertz CT molecular complexity index is 1020. The lowest BCUT2D eigenvalue weighted by atomic mass is 10.2. The smallest absolute Gasteiger partial charge is 0.338 e. The number of para-hydroxylation sites is 2. The van der Waals surface area contributed by atoms with Crippen molar-refractivity contribution in [2.75, 3.05) is 25.0 Å². The summed E-state index contributed by atoms with van der Waals surface area (Å²) < 4.78 is 37.4. The molecule has 2 aromatic carbocycles. The molecule has 0 radical (unpaired) electrons. The van der Waals surface area contributed by atoms with E-state index in [0.717, 1.165) is 0 Å². The number of carbonyl (C=O) groups excluding carboxylic acids is 2. The first kappa shape index (κ1) is 24.4. The van der Waals surface area contributed by atoms with Gasteiger partial charge < -0.3 is 14.8 Å². The zero-order chi connectivity index (χ0) is 23.0. The monoisotopic (exact) mass is 448 g/mol. The van der Waals surface area contributed by atoms with E-state index in [9.17, 15) is 18.0 Å². The van der Waals surface area contributed by atoms with Crippen molar-refractivity contribution in [3.05, 3.63) is 54.1 Å². The van der Waals surface area contributed by atoms with Gasteiger partial charge in [-0.1, -0.05) is 32.0 Å². The predicted octanol–water partition coefficient (Wildman–Crippen LogP) is 3.30. The molecule has 0 saturated heterocycles. The molecule has 9 heteroatoms. The van der Waals surface area contributed by atoms with Crippen LogP contribution in [0.15, 0.2) is 53.4 Å². The van der Waals surface area contributed by atoms with Crippen LogP contribution in [0.4, 0.5) is 5.69 Å². The number of nitrogens with one attached hydrogen (secondary N) is 1. The van der Waals surface area contributed by atoms with Crippen molar-refractivity contribution in [3.8, 4) is 5.75 Å². The van der Waals surface area contributed by atoms with Gasteiger partial charge in [-0.05, 0) is 44.2 Å². The van der Waals surface area contributed by atoms with Crippen LogP contribution in [-0.4, -0.2) is 50.4 Å². The zero-order valence-electron chi connectivity index (χ0n) is 18.1. The number of sulfonamides is 1. The van der Waals surface area contributed by atoms with Gasteiger partial charge >= 0.3 is 5.97 Å². The summed E-state index contributed by atoms with van der Waals surface area (Å²) in [5.41, 5.74) is 0.507. The van der Waals surface area contributed by atoms with E-state index >= 15 is 0 Å². The zero-order valence-corrected chi connectivity index (χ0v) is 18.9. The molecule has 0 aromatic heterocycles. The minimum Gasteiger partial charge on any atom is -0.492 e. The van der Waals surface area contributed by atoms with Crippen LogP contribution in [0.5, 0.6) is 5.75 Å². The van der Waals surface area contributed by atoms with Gasteiger partial charge in [0.2, 0.25) is 10.0 Å². The number of anilines is 1. The van der Waals surface area contributed by atoms with Crippen LogP contribution in [0, 0.1) is 0 Å². The average Bonchev–Trinajstić information content (AvgIpc) is 2.76. The second-order valence-electron chi connectivity index (χ2n) is 6.58. The topological polar surface area (TPSA) is 102 Å². The van der Waals surface area contributed by atoms with E-state index in [-0.39, 0.29) is 10.5 Å². The number of esters is 1. The van der Waals surface area contributed by atoms with Crippen LogP contribution < -0.4 is 10.1 Å². The second-order valence-corrected chi connectivity index (χ2v) is 8.52. The van der Waals surface area contributed by atoms with Crippen LogP contribution in [0.1, 0.15) is 38.1 Å².